The van der Waals surface area contributed by atoms with E-state index in [1.54, 1.807) is 0 Å². The van der Waals surface area contributed by atoms with Crippen LogP contribution in [0.15, 0.2) is 109 Å². The first-order chi connectivity index (χ1) is 18.1. The summed E-state index contributed by atoms with van der Waals surface area (Å²) in [7, 11) is 0. The van der Waals surface area contributed by atoms with Crippen molar-refractivity contribution in [2.45, 2.75) is 19.3 Å². The van der Waals surface area contributed by atoms with Gasteiger partial charge in [0.2, 0.25) is 0 Å². The Morgan fingerprint density at radius 2 is 0.974 bits per heavy atom. The Kier molecular flexibility index (Phi) is 7.26. The number of benzene rings is 4. The van der Waals surface area contributed by atoms with Gasteiger partial charge in [-0.15, -0.1) is 23.3 Å². The van der Waals surface area contributed by atoms with Gasteiger partial charge in [-0.3, -0.25) is 42.8 Å². The third-order valence-electron chi connectivity index (χ3n) is 6.55. The molecule has 0 aliphatic carbocycles. The Morgan fingerprint density at radius 1 is 0.553 bits per heavy atom. The molecule has 0 radical (unpaired) electrons. The van der Waals surface area contributed by atoms with Gasteiger partial charge in [0.05, 0.1) is 11.4 Å². The minimum Gasteiger partial charge on any atom is -0.277 e. The van der Waals surface area contributed by atoms with E-state index >= 15 is 0 Å². The molecule has 2 heterocycles. The topological polar surface area (TPSA) is 35.6 Å². The van der Waals surface area contributed by atoms with E-state index in [0.717, 1.165) is 45.0 Å². The Morgan fingerprint density at radius 3 is 1.39 bits per heavy atom. The molecule has 0 atom stereocenters. The normalized spacial score (nSPS) is 11.2. The molecule has 0 bridgehead atoms. The van der Waals surface area contributed by atoms with Crippen molar-refractivity contribution in [2.24, 2.45) is 0 Å². The predicted molar refractivity (Wildman–Crippen MR) is 145 cm³/mol. The quantitative estimate of drug-likeness (QED) is 0.181. The van der Waals surface area contributed by atoms with E-state index in [0.29, 0.717) is 0 Å². The molecule has 0 amide bonds. The van der Waals surface area contributed by atoms with Crippen LogP contribution >= 0.6 is 0 Å². The van der Waals surface area contributed by atoms with Gasteiger partial charge in [0, 0.05) is 0 Å². The molecule has 0 aliphatic heterocycles. The summed E-state index contributed by atoms with van der Waals surface area (Å²) in [6.45, 7) is 4.38. The number of rotatable bonds is 6. The Hall–Kier alpha value is -4.01. The molecule has 0 aliphatic rings. The molecular formula is C33H24N4Pt. The molecule has 0 saturated heterocycles. The Bertz CT molecular complexity index is 1530. The molecular weight excluding hydrogens is 647 g/mol. The fraction of sp³-hybridized carbons (Fsp3) is 0.0909. The van der Waals surface area contributed by atoms with Gasteiger partial charge in [0.15, 0.2) is 0 Å². The molecule has 4 aromatic carbocycles. The molecule has 6 rings (SSSR count). The SMILES string of the molecule is CC(C)(c1[c-]c(-c2[c-]cn(-c3ccccc3)n2)ccc1)c1[c-]c(-c2[c-]cn(-c3ccccc3)n2)ccc1.[Pt+4]. The maximum Gasteiger partial charge on any atom is 4.00 e. The number of hydrogen-bond acceptors (Lipinski definition) is 2. The summed E-state index contributed by atoms with van der Waals surface area (Å²) in [5, 5.41) is 9.47. The van der Waals surface area contributed by atoms with Crippen molar-refractivity contribution in [1.82, 2.24) is 19.6 Å². The van der Waals surface area contributed by atoms with Crippen molar-refractivity contribution in [1.29, 1.82) is 0 Å². The zero-order valence-electron chi connectivity index (χ0n) is 21.0. The van der Waals surface area contributed by atoms with Crippen LogP contribution in [-0.4, -0.2) is 19.6 Å². The average molecular weight is 672 g/mol. The molecule has 0 saturated carbocycles. The molecule has 38 heavy (non-hydrogen) atoms. The summed E-state index contributed by atoms with van der Waals surface area (Å²) in [4.78, 5) is 0. The summed E-state index contributed by atoms with van der Waals surface area (Å²) in [5.74, 6) is 0. The zero-order valence-corrected chi connectivity index (χ0v) is 23.3. The second kappa shape index (κ2) is 10.8. The number of hydrogen-bond donors (Lipinski definition) is 0. The number of aromatic nitrogens is 4. The maximum atomic E-state index is 4.74. The van der Waals surface area contributed by atoms with Crippen LogP contribution in [0.3, 0.4) is 0 Å². The maximum absolute atomic E-state index is 4.74. The van der Waals surface area contributed by atoms with Crippen LogP contribution in [-0.2, 0) is 26.5 Å². The minimum absolute atomic E-state index is 0. The summed E-state index contributed by atoms with van der Waals surface area (Å²) in [6, 6.07) is 46.2. The van der Waals surface area contributed by atoms with Crippen molar-refractivity contribution in [3.05, 3.63) is 145 Å². The molecule has 4 nitrogen and oxygen atoms in total. The summed E-state index contributed by atoms with van der Waals surface area (Å²) in [5.41, 5.74) is 7.12. The van der Waals surface area contributed by atoms with Gasteiger partial charge in [0.25, 0.3) is 0 Å². The van der Waals surface area contributed by atoms with E-state index < -0.39 is 0 Å². The molecule has 5 heteroatoms. The molecule has 0 spiro atoms. The second-order valence-electron chi connectivity index (χ2n) is 9.39. The first-order valence-electron chi connectivity index (χ1n) is 12.2. The van der Waals surface area contributed by atoms with Crippen molar-refractivity contribution in [2.75, 3.05) is 0 Å². The van der Waals surface area contributed by atoms with Gasteiger partial charge in [-0.2, -0.15) is 23.5 Å². The van der Waals surface area contributed by atoms with Gasteiger partial charge in [-0.25, -0.2) is 24.3 Å². The predicted octanol–water partition coefficient (Wildman–Crippen LogP) is 6.92. The standard InChI is InChI=1S/C33H24N4.Pt/c1-33(2,27-13-9-11-25(23-27)31-19-21-36(34-31)29-15-5-3-6-16-29)28-14-10-12-26(24-28)32-20-22-37(35-32)30-17-7-4-8-18-30;/h3-18,21-22H,1-2H3;/q-4;+4. The molecule has 2 aromatic heterocycles. The molecule has 0 fully saturated rings. The van der Waals surface area contributed by atoms with Crippen LogP contribution in [0.2, 0.25) is 0 Å². The van der Waals surface area contributed by atoms with E-state index in [1.165, 1.54) is 0 Å². The molecule has 6 aromatic rings. The fourth-order valence-electron chi connectivity index (χ4n) is 4.35. The van der Waals surface area contributed by atoms with E-state index in [1.807, 2.05) is 94.6 Å². The molecule has 0 unspecified atom stereocenters. The summed E-state index contributed by atoms with van der Waals surface area (Å²) < 4.78 is 3.67. The van der Waals surface area contributed by atoms with Crippen molar-refractivity contribution >= 4 is 0 Å². The van der Waals surface area contributed by atoms with Gasteiger partial charge in [-0.1, -0.05) is 62.6 Å². The minimum atomic E-state index is -0.337. The second-order valence-corrected chi connectivity index (χ2v) is 9.39. The Balaban J connectivity index is 0.00000294. The van der Waals surface area contributed by atoms with E-state index in [4.69, 9.17) is 10.2 Å². The molecule has 186 valence electrons. The van der Waals surface area contributed by atoms with Crippen LogP contribution in [0.5, 0.6) is 0 Å². The fourth-order valence-corrected chi connectivity index (χ4v) is 4.35. The van der Waals surface area contributed by atoms with Crippen molar-refractivity contribution in [3.63, 3.8) is 0 Å². The van der Waals surface area contributed by atoms with Gasteiger partial charge >= 0.3 is 21.1 Å². The summed E-state index contributed by atoms with van der Waals surface area (Å²) >= 11 is 0. The largest absolute Gasteiger partial charge is 4.00 e. The Labute approximate surface area is 237 Å². The average Bonchev–Trinajstić information content (AvgIpc) is 3.65. The molecule has 0 N–H and O–H groups in total. The van der Waals surface area contributed by atoms with E-state index in [2.05, 4.69) is 62.4 Å². The van der Waals surface area contributed by atoms with Gasteiger partial charge < -0.3 is 0 Å². The third kappa shape index (κ3) is 5.05. The first-order valence-corrected chi connectivity index (χ1v) is 12.2. The van der Waals surface area contributed by atoms with Crippen LogP contribution in [0.25, 0.3) is 33.9 Å². The number of nitrogens with zero attached hydrogens (tertiary/aromatic N) is 4. The summed E-state index contributed by atoms with van der Waals surface area (Å²) in [6.07, 6.45) is 3.72. The zero-order chi connectivity index (χ0) is 25.2. The van der Waals surface area contributed by atoms with Crippen LogP contribution in [0.4, 0.5) is 0 Å². The first kappa shape index (κ1) is 25.6. The van der Waals surface area contributed by atoms with Crippen LogP contribution in [0.1, 0.15) is 25.0 Å². The van der Waals surface area contributed by atoms with Gasteiger partial charge in [-0.05, 0) is 29.7 Å². The van der Waals surface area contributed by atoms with Crippen molar-refractivity contribution < 1.29 is 21.1 Å². The smallest absolute Gasteiger partial charge is 0.277 e. The van der Waals surface area contributed by atoms with E-state index in [9.17, 15) is 0 Å². The van der Waals surface area contributed by atoms with E-state index in [-0.39, 0.29) is 26.5 Å². The van der Waals surface area contributed by atoms with Crippen LogP contribution < -0.4 is 0 Å². The van der Waals surface area contributed by atoms with Gasteiger partial charge in [0.1, 0.15) is 0 Å². The monoisotopic (exact) mass is 671 g/mol. The third-order valence-corrected chi connectivity index (χ3v) is 6.55. The van der Waals surface area contributed by atoms with Crippen molar-refractivity contribution in [3.8, 4) is 33.9 Å². The number of para-hydroxylation sites is 2. The van der Waals surface area contributed by atoms with Crippen LogP contribution in [0, 0.1) is 24.3 Å².